The highest BCUT2D eigenvalue weighted by Gasteiger charge is 2.08. The zero-order valence-electron chi connectivity index (χ0n) is 25.8. The quantitative estimate of drug-likeness (QED) is 0.131. The monoisotopic (exact) mass is 613 g/mol. The van der Waals surface area contributed by atoms with Crippen molar-refractivity contribution in [3.05, 3.63) is 95.2 Å². The zero-order chi connectivity index (χ0) is 31.5. The number of hydrogen-bond acceptors (Lipinski definition) is 6. The van der Waals surface area contributed by atoms with Crippen LogP contribution in [0.3, 0.4) is 0 Å². The largest absolute Gasteiger partial charge is 0.484 e. The molecule has 0 spiro atoms. The average molecular weight is 614 g/mol. The lowest BCUT2D eigenvalue weighted by Crippen LogP contribution is -2.29. The third-order valence-corrected chi connectivity index (χ3v) is 6.82. The van der Waals surface area contributed by atoms with Crippen LogP contribution >= 0.6 is 0 Å². The van der Waals surface area contributed by atoms with E-state index in [9.17, 15) is 9.59 Å². The number of hydrogen-bond donors (Lipinski definition) is 4. The fourth-order valence-electron chi connectivity index (χ4n) is 4.46. The molecule has 0 radical (unpaired) electrons. The van der Waals surface area contributed by atoms with Crippen LogP contribution in [0.2, 0.25) is 0 Å². The van der Waals surface area contributed by atoms with Gasteiger partial charge in [-0.15, -0.1) is 0 Å². The van der Waals surface area contributed by atoms with Crippen LogP contribution in [0.4, 0.5) is 0 Å². The van der Waals surface area contributed by atoms with Gasteiger partial charge in [-0.2, -0.15) is 0 Å². The predicted molar refractivity (Wildman–Crippen MR) is 178 cm³/mol. The Balaban J connectivity index is 1.06. The summed E-state index contributed by atoms with van der Waals surface area (Å²) in [6.07, 6.45) is 14.8. The Hall–Kier alpha value is -4.67. The molecule has 0 atom stereocenters. The topological polar surface area (TPSA) is 130 Å². The van der Waals surface area contributed by atoms with Crippen LogP contribution < -0.4 is 15.4 Å². The van der Waals surface area contributed by atoms with Gasteiger partial charge in [0.2, 0.25) is 5.91 Å². The molecule has 0 unspecified atom stereocenters. The molecule has 3 heterocycles. The first-order valence-electron chi connectivity index (χ1n) is 15.5. The smallest absolute Gasteiger partial charge is 0.257 e. The number of amides is 2. The van der Waals surface area contributed by atoms with Crippen molar-refractivity contribution >= 4 is 35.8 Å². The van der Waals surface area contributed by atoms with Gasteiger partial charge in [0, 0.05) is 43.7 Å². The number of aromatic nitrogens is 2. The van der Waals surface area contributed by atoms with E-state index >= 15 is 0 Å². The number of carbonyl (C=O) groups excluding carboxylic acids is 2. The van der Waals surface area contributed by atoms with Crippen LogP contribution in [0.5, 0.6) is 5.75 Å². The fraction of sp³-hybridized carbons (Fsp3) is 0.343. The minimum atomic E-state index is -0.169. The Bertz CT molecular complexity index is 1450. The van der Waals surface area contributed by atoms with Gasteiger partial charge in [0.15, 0.2) is 6.61 Å². The number of carbonyl (C=O) groups is 2. The van der Waals surface area contributed by atoms with Crippen LogP contribution in [0.15, 0.2) is 77.6 Å². The summed E-state index contributed by atoms with van der Waals surface area (Å²) in [5.74, 6) is 0.479. The van der Waals surface area contributed by atoms with E-state index in [-0.39, 0.29) is 18.4 Å². The van der Waals surface area contributed by atoms with Crippen LogP contribution in [-0.4, -0.2) is 73.6 Å². The van der Waals surface area contributed by atoms with Crippen molar-refractivity contribution in [2.24, 2.45) is 4.99 Å². The van der Waals surface area contributed by atoms with Crippen molar-refractivity contribution in [2.75, 3.05) is 46.1 Å². The highest BCUT2D eigenvalue weighted by atomic mass is 16.5. The van der Waals surface area contributed by atoms with Gasteiger partial charge in [-0.05, 0) is 86.0 Å². The Morgan fingerprint density at radius 1 is 0.844 bits per heavy atom. The van der Waals surface area contributed by atoms with Gasteiger partial charge in [0.1, 0.15) is 5.75 Å². The van der Waals surface area contributed by atoms with Gasteiger partial charge in [-0.25, -0.2) is 4.99 Å². The van der Waals surface area contributed by atoms with E-state index in [0.717, 1.165) is 53.3 Å². The minimum absolute atomic E-state index is 0.0178. The van der Waals surface area contributed by atoms with Crippen molar-refractivity contribution < 1.29 is 23.8 Å². The standard InChI is InChI=1S/C35H43N5O5/c1-2-43-23-24-44-22-21-38-34(41)8-4-3-5-19-37-35(42)26-45-31-16-10-27(11-17-31)9-12-28-13-14-29(39-28)25-30-15-18-33(40-30)32-7-6-20-36-32/h6-7,9-18,20,25,36,39H,2-5,8,19,21-24,26H2,1H3,(H,37,42)(H,38,41)/b12-9-,30-25-. The molecule has 0 bridgehead atoms. The first-order valence-corrected chi connectivity index (χ1v) is 15.5. The number of aliphatic imine (C=N–C) groups is 1. The molecule has 1 aliphatic heterocycles. The van der Waals surface area contributed by atoms with Crippen molar-refractivity contribution in [3.8, 4) is 5.75 Å². The molecule has 0 saturated heterocycles. The molecule has 10 heteroatoms. The third kappa shape index (κ3) is 12.5. The van der Waals surface area contributed by atoms with Crippen LogP contribution in [0, 0.1) is 0 Å². The van der Waals surface area contributed by atoms with E-state index in [0.29, 0.717) is 51.7 Å². The number of ether oxygens (including phenoxy) is 3. The maximum absolute atomic E-state index is 12.1. The molecule has 2 amide bonds. The van der Waals surface area contributed by atoms with Crippen molar-refractivity contribution in [3.63, 3.8) is 0 Å². The molecule has 45 heavy (non-hydrogen) atoms. The normalized spacial score (nSPS) is 13.4. The number of allylic oxidation sites excluding steroid dienone is 2. The van der Waals surface area contributed by atoms with E-state index in [1.165, 1.54) is 0 Å². The number of rotatable bonds is 20. The number of nitrogens with one attached hydrogen (secondary N) is 4. The highest BCUT2D eigenvalue weighted by Crippen LogP contribution is 2.18. The van der Waals surface area contributed by atoms with Gasteiger partial charge in [0.05, 0.1) is 36.9 Å². The van der Waals surface area contributed by atoms with E-state index in [4.69, 9.17) is 14.2 Å². The maximum atomic E-state index is 12.1. The SMILES string of the molecule is CCOCCOCCNC(=O)CCCCCNC(=O)COc1ccc(/C=C\c2ccc(/C=C3/C=CC(c4ccc[nH]4)=N3)[nH]2)cc1. The van der Waals surface area contributed by atoms with E-state index < -0.39 is 0 Å². The van der Waals surface area contributed by atoms with Gasteiger partial charge >= 0.3 is 0 Å². The second-order valence-corrected chi connectivity index (χ2v) is 10.4. The summed E-state index contributed by atoms with van der Waals surface area (Å²) < 4.78 is 16.2. The Morgan fingerprint density at radius 2 is 1.67 bits per heavy atom. The van der Waals surface area contributed by atoms with Gasteiger partial charge in [-0.3, -0.25) is 9.59 Å². The molecule has 2 aromatic heterocycles. The summed E-state index contributed by atoms with van der Waals surface area (Å²) in [5.41, 5.74) is 5.78. The van der Waals surface area contributed by atoms with E-state index in [1.807, 2.05) is 92.0 Å². The number of unbranched alkanes of at least 4 members (excludes halogenated alkanes) is 2. The lowest BCUT2D eigenvalue weighted by molar-refractivity contribution is -0.123. The molecule has 238 valence electrons. The summed E-state index contributed by atoms with van der Waals surface area (Å²) in [4.78, 5) is 35.2. The lowest BCUT2D eigenvalue weighted by Gasteiger charge is -2.08. The van der Waals surface area contributed by atoms with Crippen LogP contribution in [0.1, 0.15) is 55.3 Å². The average Bonchev–Trinajstić information content (AvgIpc) is 3.84. The maximum Gasteiger partial charge on any atom is 0.257 e. The van der Waals surface area contributed by atoms with E-state index in [2.05, 4.69) is 25.6 Å². The Kier molecular flexibility index (Phi) is 13.9. The summed E-state index contributed by atoms with van der Waals surface area (Å²) in [7, 11) is 0. The number of H-pyrrole nitrogens is 2. The number of nitrogens with zero attached hydrogens (tertiary/aromatic N) is 1. The molecular weight excluding hydrogens is 570 g/mol. The molecule has 4 N–H and O–H groups in total. The molecule has 10 nitrogen and oxygen atoms in total. The summed E-state index contributed by atoms with van der Waals surface area (Å²) in [6.45, 7) is 5.21. The lowest BCUT2D eigenvalue weighted by atomic mass is 10.2. The summed E-state index contributed by atoms with van der Waals surface area (Å²) in [6, 6.07) is 15.6. The first-order chi connectivity index (χ1) is 22.1. The predicted octanol–water partition coefficient (Wildman–Crippen LogP) is 5.14. The van der Waals surface area contributed by atoms with Crippen molar-refractivity contribution in [1.82, 2.24) is 20.6 Å². The second-order valence-electron chi connectivity index (χ2n) is 10.4. The Labute approximate surface area is 264 Å². The molecular formula is C35H43N5O5. The first kappa shape index (κ1) is 33.2. The fourth-order valence-corrected chi connectivity index (χ4v) is 4.46. The summed E-state index contributed by atoms with van der Waals surface area (Å²) >= 11 is 0. The molecule has 0 fully saturated rings. The van der Waals surface area contributed by atoms with Crippen LogP contribution in [-0.2, 0) is 19.1 Å². The summed E-state index contributed by atoms with van der Waals surface area (Å²) in [5, 5.41) is 5.71. The highest BCUT2D eigenvalue weighted by molar-refractivity contribution is 6.10. The number of aromatic amines is 2. The van der Waals surface area contributed by atoms with E-state index in [1.54, 1.807) is 0 Å². The second kappa shape index (κ2) is 18.9. The molecule has 0 aliphatic carbocycles. The van der Waals surface area contributed by atoms with Gasteiger partial charge < -0.3 is 34.8 Å². The molecule has 1 aromatic carbocycles. The molecule has 3 aromatic rings. The number of benzene rings is 1. The molecule has 0 saturated carbocycles. The minimum Gasteiger partial charge on any atom is -0.484 e. The van der Waals surface area contributed by atoms with Crippen molar-refractivity contribution in [1.29, 1.82) is 0 Å². The molecule has 4 rings (SSSR count). The Morgan fingerprint density at radius 3 is 2.49 bits per heavy atom. The van der Waals surface area contributed by atoms with Gasteiger partial charge in [0.25, 0.3) is 5.91 Å². The third-order valence-electron chi connectivity index (χ3n) is 6.82. The van der Waals surface area contributed by atoms with Crippen LogP contribution in [0.25, 0.3) is 18.2 Å². The zero-order valence-corrected chi connectivity index (χ0v) is 25.8. The van der Waals surface area contributed by atoms with Crippen molar-refractivity contribution in [2.45, 2.75) is 32.6 Å². The molecule has 1 aliphatic rings. The van der Waals surface area contributed by atoms with Gasteiger partial charge in [-0.1, -0.05) is 24.6 Å².